The molecule has 2 aromatic rings. The summed E-state index contributed by atoms with van der Waals surface area (Å²) >= 11 is 0. The molecule has 27 heavy (non-hydrogen) atoms. The first kappa shape index (κ1) is 18.7. The predicted octanol–water partition coefficient (Wildman–Crippen LogP) is 4.23. The summed E-state index contributed by atoms with van der Waals surface area (Å²) in [7, 11) is 0. The lowest BCUT2D eigenvalue weighted by Crippen LogP contribution is -2.32. The average molecular weight is 375 g/mol. The maximum absolute atomic E-state index is 14.4. The zero-order valence-electron chi connectivity index (χ0n) is 14.5. The normalized spacial score (nSPS) is 17.2. The first-order chi connectivity index (χ1) is 12.7. The number of carbonyl (C=O) groups is 2. The molecule has 0 radical (unpaired) electrons. The fourth-order valence-corrected chi connectivity index (χ4v) is 3.05. The summed E-state index contributed by atoms with van der Waals surface area (Å²) in [6.07, 6.45) is 0. The van der Waals surface area contributed by atoms with Crippen molar-refractivity contribution in [3.63, 3.8) is 0 Å². The van der Waals surface area contributed by atoms with Gasteiger partial charge >= 0.3 is 0 Å². The first-order valence-corrected chi connectivity index (χ1v) is 8.23. The van der Waals surface area contributed by atoms with Crippen LogP contribution in [0.2, 0.25) is 0 Å². The van der Waals surface area contributed by atoms with Crippen molar-refractivity contribution in [1.29, 1.82) is 0 Å². The second-order valence-corrected chi connectivity index (χ2v) is 6.51. The third-order valence-corrected chi connectivity index (χ3v) is 4.35. The maximum atomic E-state index is 14.4. The molecule has 0 saturated heterocycles. The van der Waals surface area contributed by atoms with Crippen LogP contribution in [0.5, 0.6) is 0 Å². The highest BCUT2D eigenvalue weighted by Gasteiger charge is 2.45. The number of hydrogen-bond donors (Lipinski definition) is 1. The Labute approximate surface area is 153 Å². The molecule has 1 heterocycles. The van der Waals surface area contributed by atoms with Crippen molar-refractivity contribution in [2.75, 3.05) is 4.90 Å². The predicted molar refractivity (Wildman–Crippen MR) is 92.5 cm³/mol. The Morgan fingerprint density at radius 3 is 2.22 bits per heavy atom. The molecule has 140 valence electrons. The van der Waals surface area contributed by atoms with Gasteiger partial charge < -0.3 is 5.11 Å². The lowest BCUT2D eigenvalue weighted by Gasteiger charge is -2.27. The Balaban J connectivity index is 2.23. The van der Waals surface area contributed by atoms with Crippen molar-refractivity contribution >= 4 is 17.4 Å². The molecule has 0 saturated carbocycles. The van der Waals surface area contributed by atoms with Crippen LogP contribution >= 0.6 is 0 Å². The number of halogens is 3. The molecule has 1 amide bonds. The van der Waals surface area contributed by atoms with E-state index < -0.39 is 52.5 Å². The van der Waals surface area contributed by atoms with E-state index in [9.17, 15) is 27.9 Å². The van der Waals surface area contributed by atoms with Crippen LogP contribution in [-0.4, -0.2) is 16.8 Å². The van der Waals surface area contributed by atoms with Crippen LogP contribution in [0.3, 0.4) is 0 Å². The van der Waals surface area contributed by atoms with Crippen molar-refractivity contribution in [2.24, 2.45) is 5.92 Å². The van der Waals surface area contributed by atoms with E-state index in [-0.39, 0.29) is 11.1 Å². The number of aliphatic hydroxyl groups excluding tert-OH is 1. The van der Waals surface area contributed by atoms with Crippen LogP contribution in [0.15, 0.2) is 53.8 Å². The molecule has 0 aromatic heterocycles. The van der Waals surface area contributed by atoms with E-state index >= 15 is 0 Å². The quantitative estimate of drug-likeness (QED) is 0.870. The van der Waals surface area contributed by atoms with Crippen LogP contribution < -0.4 is 4.90 Å². The van der Waals surface area contributed by atoms with Crippen molar-refractivity contribution in [1.82, 2.24) is 0 Å². The van der Waals surface area contributed by atoms with Gasteiger partial charge in [-0.3, -0.25) is 14.5 Å². The van der Waals surface area contributed by atoms with Crippen LogP contribution in [0.4, 0.5) is 18.9 Å². The fourth-order valence-electron chi connectivity index (χ4n) is 3.05. The van der Waals surface area contributed by atoms with Gasteiger partial charge in [0.15, 0.2) is 11.5 Å². The molecular weight excluding hydrogens is 359 g/mol. The van der Waals surface area contributed by atoms with E-state index in [0.29, 0.717) is 0 Å². The van der Waals surface area contributed by atoms with Gasteiger partial charge in [-0.05, 0) is 29.8 Å². The number of hydrogen-bond acceptors (Lipinski definition) is 3. The van der Waals surface area contributed by atoms with E-state index in [2.05, 4.69) is 0 Å². The first-order valence-electron chi connectivity index (χ1n) is 8.23. The SMILES string of the molecule is CC(C)C(=O)C1=C(O)C(=O)N(c2cc(F)ccc2F)C1c1ccc(F)cc1. The Hall–Kier alpha value is -3.09. The number of aliphatic hydroxyl groups is 1. The summed E-state index contributed by atoms with van der Waals surface area (Å²) in [5, 5.41) is 10.3. The van der Waals surface area contributed by atoms with E-state index in [1.54, 1.807) is 13.8 Å². The van der Waals surface area contributed by atoms with Gasteiger partial charge in [0.05, 0.1) is 17.3 Å². The molecule has 1 aliphatic rings. The fraction of sp³-hybridized carbons (Fsp3) is 0.200. The summed E-state index contributed by atoms with van der Waals surface area (Å²) in [6.45, 7) is 3.17. The molecule has 1 atom stereocenters. The molecule has 7 heteroatoms. The molecule has 1 N–H and O–H groups in total. The molecule has 0 aliphatic carbocycles. The van der Waals surface area contributed by atoms with E-state index in [0.717, 1.165) is 35.2 Å². The van der Waals surface area contributed by atoms with Gasteiger partial charge in [0.1, 0.15) is 17.5 Å². The van der Waals surface area contributed by atoms with E-state index in [1.807, 2.05) is 0 Å². The lowest BCUT2D eigenvalue weighted by molar-refractivity contribution is -0.119. The molecule has 0 bridgehead atoms. The van der Waals surface area contributed by atoms with Gasteiger partial charge in [-0.2, -0.15) is 0 Å². The van der Waals surface area contributed by atoms with Crippen molar-refractivity contribution < 1.29 is 27.9 Å². The number of nitrogens with zero attached hydrogens (tertiary/aromatic N) is 1. The molecule has 2 aromatic carbocycles. The standard InChI is InChI=1S/C20H16F3NO3/c1-10(2)18(25)16-17(11-3-5-12(21)6-4-11)24(20(27)19(16)26)15-9-13(22)7-8-14(15)23/h3-10,17,26H,1-2H3. The largest absolute Gasteiger partial charge is 0.503 e. The number of amides is 1. The number of carbonyl (C=O) groups excluding carboxylic acids is 2. The van der Waals surface area contributed by atoms with Gasteiger partial charge in [-0.1, -0.05) is 26.0 Å². The monoisotopic (exact) mass is 375 g/mol. The summed E-state index contributed by atoms with van der Waals surface area (Å²) in [5.74, 6) is -5.17. The Kier molecular flexibility index (Phi) is 4.78. The van der Waals surface area contributed by atoms with Crippen molar-refractivity contribution in [3.8, 4) is 0 Å². The Morgan fingerprint density at radius 2 is 1.63 bits per heavy atom. The van der Waals surface area contributed by atoms with E-state index in [4.69, 9.17) is 0 Å². The van der Waals surface area contributed by atoms with Gasteiger partial charge in [0, 0.05) is 12.0 Å². The molecule has 3 rings (SSSR count). The zero-order valence-corrected chi connectivity index (χ0v) is 14.5. The Bertz CT molecular complexity index is 951. The lowest BCUT2D eigenvalue weighted by atomic mass is 9.91. The number of benzene rings is 2. The summed E-state index contributed by atoms with van der Waals surface area (Å²) in [5.41, 5.74) is -0.376. The van der Waals surface area contributed by atoms with Crippen molar-refractivity contribution in [2.45, 2.75) is 19.9 Å². The van der Waals surface area contributed by atoms with Gasteiger partial charge in [-0.15, -0.1) is 0 Å². The van der Waals surface area contributed by atoms with Crippen LogP contribution in [0.1, 0.15) is 25.5 Å². The topological polar surface area (TPSA) is 57.6 Å². The molecule has 1 unspecified atom stereocenters. The summed E-state index contributed by atoms with van der Waals surface area (Å²) < 4.78 is 41.4. The minimum absolute atomic E-state index is 0.231. The van der Waals surface area contributed by atoms with Crippen molar-refractivity contribution in [3.05, 3.63) is 76.8 Å². The highest BCUT2D eigenvalue weighted by Crippen LogP contribution is 2.42. The Morgan fingerprint density at radius 1 is 1.04 bits per heavy atom. The summed E-state index contributed by atoms with van der Waals surface area (Å²) in [6, 6.07) is 6.22. The molecule has 1 aliphatic heterocycles. The molecule has 0 spiro atoms. The van der Waals surface area contributed by atoms with Crippen LogP contribution in [0.25, 0.3) is 0 Å². The van der Waals surface area contributed by atoms with E-state index in [1.165, 1.54) is 12.1 Å². The van der Waals surface area contributed by atoms with Crippen LogP contribution in [-0.2, 0) is 9.59 Å². The summed E-state index contributed by atoms with van der Waals surface area (Å²) in [4.78, 5) is 26.1. The second kappa shape index (κ2) is 6.90. The number of ketones is 1. The average Bonchev–Trinajstić information content (AvgIpc) is 2.88. The highest BCUT2D eigenvalue weighted by molar-refractivity contribution is 6.16. The molecular formula is C20H16F3NO3. The van der Waals surface area contributed by atoms with Gasteiger partial charge in [0.25, 0.3) is 5.91 Å². The third-order valence-electron chi connectivity index (χ3n) is 4.35. The zero-order chi connectivity index (χ0) is 19.9. The minimum atomic E-state index is -1.20. The number of rotatable bonds is 4. The number of anilines is 1. The maximum Gasteiger partial charge on any atom is 0.294 e. The molecule has 0 fully saturated rings. The van der Waals surface area contributed by atoms with Crippen LogP contribution in [0, 0.1) is 23.4 Å². The smallest absolute Gasteiger partial charge is 0.294 e. The number of Topliss-reactive ketones (excluding diaryl/α,β-unsaturated/α-hetero) is 1. The third kappa shape index (κ3) is 3.20. The van der Waals surface area contributed by atoms with Gasteiger partial charge in [0.2, 0.25) is 0 Å². The molecule has 4 nitrogen and oxygen atoms in total. The highest BCUT2D eigenvalue weighted by atomic mass is 19.1. The van der Waals surface area contributed by atoms with Gasteiger partial charge in [-0.25, -0.2) is 13.2 Å². The minimum Gasteiger partial charge on any atom is -0.503 e. The second-order valence-electron chi connectivity index (χ2n) is 6.51.